The van der Waals surface area contributed by atoms with Crippen molar-refractivity contribution in [2.75, 3.05) is 13.2 Å². The molecule has 122 valence electrons. The van der Waals surface area contributed by atoms with E-state index in [4.69, 9.17) is 9.47 Å². The molecule has 2 aromatic carbocycles. The zero-order valence-corrected chi connectivity index (χ0v) is 13.5. The van der Waals surface area contributed by atoms with E-state index in [9.17, 15) is 8.42 Å². The molecule has 23 heavy (non-hydrogen) atoms. The molecule has 5 nitrogen and oxygen atoms in total. The standard InChI is InChI=1S/C17H19NO4S/c19-23(20,18-13-16-7-4-12-21-16)17-10-8-15(9-11-17)22-14-5-2-1-3-6-14/h1-3,5-6,8-11,16,18H,4,7,12-13H2/t16-/m1/s1. The van der Waals surface area contributed by atoms with Crippen LogP contribution in [-0.2, 0) is 14.8 Å². The molecule has 1 aliphatic heterocycles. The van der Waals surface area contributed by atoms with Crippen LogP contribution in [0.3, 0.4) is 0 Å². The molecule has 0 saturated carbocycles. The SMILES string of the molecule is O=S(=O)(NC[C@H]1CCCO1)c1ccc(Oc2ccccc2)cc1. The molecular weight excluding hydrogens is 314 g/mol. The number of benzene rings is 2. The molecule has 0 aliphatic carbocycles. The number of rotatable bonds is 6. The Balaban J connectivity index is 1.63. The molecule has 0 unspecified atom stereocenters. The maximum atomic E-state index is 12.3. The maximum absolute atomic E-state index is 12.3. The summed E-state index contributed by atoms with van der Waals surface area (Å²) in [7, 11) is -3.52. The van der Waals surface area contributed by atoms with Crippen molar-refractivity contribution in [1.29, 1.82) is 0 Å². The lowest BCUT2D eigenvalue weighted by Gasteiger charge is -2.12. The van der Waals surface area contributed by atoms with Gasteiger partial charge in [0.2, 0.25) is 10.0 Å². The fourth-order valence-corrected chi connectivity index (χ4v) is 3.47. The van der Waals surface area contributed by atoms with Crippen LogP contribution < -0.4 is 9.46 Å². The second kappa shape index (κ2) is 7.12. The Morgan fingerprint density at radius 3 is 2.39 bits per heavy atom. The minimum atomic E-state index is -3.52. The quantitative estimate of drug-likeness (QED) is 0.883. The molecule has 1 atom stereocenters. The summed E-state index contributed by atoms with van der Waals surface area (Å²) in [6, 6.07) is 15.7. The second-order valence-electron chi connectivity index (χ2n) is 5.37. The van der Waals surface area contributed by atoms with Crippen LogP contribution >= 0.6 is 0 Å². The molecule has 1 aliphatic rings. The van der Waals surface area contributed by atoms with Gasteiger partial charge in [-0.2, -0.15) is 0 Å². The summed E-state index contributed by atoms with van der Waals surface area (Å²) in [5.74, 6) is 1.30. The van der Waals surface area contributed by atoms with Gasteiger partial charge in [-0.15, -0.1) is 0 Å². The monoisotopic (exact) mass is 333 g/mol. The van der Waals surface area contributed by atoms with Crippen LogP contribution in [0.2, 0.25) is 0 Å². The van der Waals surface area contributed by atoms with E-state index in [0.29, 0.717) is 24.7 Å². The number of hydrogen-bond acceptors (Lipinski definition) is 4. The van der Waals surface area contributed by atoms with E-state index in [1.165, 1.54) is 12.1 Å². The third kappa shape index (κ3) is 4.31. The van der Waals surface area contributed by atoms with Crippen LogP contribution in [0.4, 0.5) is 0 Å². The van der Waals surface area contributed by atoms with E-state index in [-0.39, 0.29) is 11.0 Å². The van der Waals surface area contributed by atoms with E-state index in [2.05, 4.69) is 4.72 Å². The summed E-state index contributed by atoms with van der Waals surface area (Å²) in [6.45, 7) is 1.02. The highest BCUT2D eigenvalue weighted by Crippen LogP contribution is 2.22. The van der Waals surface area contributed by atoms with E-state index >= 15 is 0 Å². The largest absolute Gasteiger partial charge is 0.457 e. The van der Waals surface area contributed by atoms with Crippen molar-refractivity contribution < 1.29 is 17.9 Å². The normalized spacial score (nSPS) is 18.0. The zero-order valence-electron chi connectivity index (χ0n) is 12.6. The predicted molar refractivity (Wildman–Crippen MR) is 87.1 cm³/mol. The molecule has 0 amide bonds. The molecule has 1 saturated heterocycles. The van der Waals surface area contributed by atoms with Gasteiger partial charge < -0.3 is 9.47 Å². The van der Waals surface area contributed by atoms with Crippen molar-refractivity contribution in [1.82, 2.24) is 4.72 Å². The van der Waals surface area contributed by atoms with E-state index in [1.807, 2.05) is 30.3 Å². The molecule has 0 bridgehead atoms. The van der Waals surface area contributed by atoms with Crippen LogP contribution in [0.15, 0.2) is 59.5 Å². The van der Waals surface area contributed by atoms with Crippen LogP contribution in [0.25, 0.3) is 0 Å². The van der Waals surface area contributed by atoms with Gasteiger partial charge in [-0.05, 0) is 49.2 Å². The molecule has 1 fully saturated rings. The van der Waals surface area contributed by atoms with E-state index < -0.39 is 10.0 Å². The van der Waals surface area contributed by atoms with E-state index in [0.717, 1.165) is 12.8 Å². The number of nitrogens with one attached hydrogen (secondary N) is 1. The highest BCUT2D eigenvalue weighted by atomic mass is 32.2. The Hall–Kier alpha value is -1.89. The topological polar surface area (TPSA) is 64.6 Å². The Morgan fingerprint density at radius 1 is 1.04 bits per heavy atom. The summed E-state index contributed by atoms with van der Waals surface area (Å²) in [5, 5.41) is 0. The van der Waals surface area contributed by atoms with Crippen LogP contribution in [0, 0.1) is 0 Å². The lowest BCUT2D eigenvalue weighted by Crippen LogP contribution is -2.31. The molecular formula is C17H19NO4S. The lowest BCUT2D eigenvalue weighted by atomic mass is 10.2. The minimum absolute atomic E-state index is 0.0227. The molecule has 0 radical (unpaired) electrons. The number of sulfonamides is 1. The van der Waals surface area contributed by atoms with Gasteiger partial charge in [-0.3, -0.25) is 0 Å². The first-order valence-corrected chi connectivity index (χ1v) is 9.06. The fourth-order valence-electron chi connectivity index (χ4n) is 2.40. The highest BCUT2D eigenvalue weighted by molar-refractivity contribution is 7.89. The van der Waals surface area contributed by atoms with Crippen LogP contribution in [0.5, 0.6) is 11.5 Å². The van der Waals surface area contributed by atoms with Gasteiger partial charge in [-0.25, -0.2) is 13.1 Å². The molecule has 2 aromatic rings. The average molecular weight is 333 g/mol. The number of para-hydroxylation sites is 1. The maximum Gasteiger partial charge on any atom is 0.240 e. The number of hydrogen-bond donors (Lipinski definition) is 1. The van der Waals surface area contributed by atoms with Gasteiger partial charge in [0.05, 0.1) is 11.0 Å². The first-order chi connectivity index (χ1) is 11.1. The minimum Gasteiger partial charge on any atom is -0.457 e. The second-order valence-corrected chi connectivity index (χ2v) is 7.14. The summed E-state index contributed by atoms with van der Waals surface area (Å²) >= 11 is 0. The molecule has 6 heteroatoms. The van der Waals surface area contributed by atoms with Crippen molar-refractivity contribution in [2.24, 2.45) is 0 Å². The van der Waals surface area contributed by atoms with Gasteiger partial charge in [0.25, 0.3) is 0 Å². The van der Waals surface area contributed by atoms with Crippen molar-refractivity contribution in [3.8, 4) is 11.5 Å². The van der Waals surface area contributed by atoms with E-state index in [1.54, 1.807) is 12.1 Å². The fraction of sp³-hybridized carbons (Fsp3) is 0.294. The highest BCUT2D eigenvalue weighted by Gasteiger charge is 2.20. The Kier molecular flexibility index (Phi) is 4.95. The lowest BCUT2D eigenvalue weighted by molar-refractivity contribution is 0.114. The Labute approximate surface area is 136 Å². The van der Waals surface area contributed by atoms with Crippen LogP contribution in [-0.4, -0.2) is 27.7 Å². The van der Waals surface area contributed by atoms with Gasteiger partial charge in [-0.1, -0.05) is 18.2 Å². The van der Waals surface area contributed by atoms with Gasteiger partial charge in [0, 0.05) is 13.2 Å². The van der Waals surface area contributed by atoms with Gasteiger partial charge >= 0.3 is 0 Å². The third-order valence-electron chi connectivity index (χ3n) is 3.64. The first-order valence-electron chi connectivity index (χ1n) is 7.58. The Bertz CT molecular complexity index is 723. The van der Waals surface area contributed by atoms with Gasteiger partial charge in [0.1, 0.15) is 11.5 Å². The molecule has 1 N–H and O–H groups in total. The first kappa shape index (κ1) is 16.0. The predicted octanol–water partition coefficient (Wildman–Crippen LogP) is 2.94. The van der Waals surface area contributed by atoms with Crippen molar-refractivity contribution in [2.45, 2.75) is 23.8 Å². The molecule has 0 aromatic heterocycles. The molecule has 1 heterocycles. The summed E-state index contributed by atoms with van der Waals surface area (Å²) in [4.78, 5) is 0.218. The third-order valence-corrected chi connectivity index (χ3v) is 5.08. The number of ether oxygens (including phenoxy) is 2. The molecule has 0 spiro atoms. The summed E-state index contributed by atoms with van der Waals surface area (Å²) in [5.41, 5.74) is 0. The zero-order chi connectivity index (χ0) is 16.1. The Morgan fingerprint density at radius 2 is 1.74 bits per heavy atom. The van der Waals surface area contributed by atoms with Crippen molar-refractivity contribution in [3.05, 3.63) is 54.6 Å². The van der Waals surface area contributed by atoms with Crippen molar-refractivity contribution >= 4 is 10.0 Å². The summed E-state index contributed by atoms with van der Waals surface area (Å²) in [6.07, 6.45) is 1.86. The molecule has 3 rings (SSSR count). The summed E-state index contributed by atoms with van der Waals surface area (Å²) < 4.78 is 38.2. The average Bonchev–Trinajstić information content (AvgIpc) is 3.08. The smallest absolute Gasteiger partial charge is 0.240 e. The van der Waals surface area contributed by atoms with Gasteiger partial charge in [0.15, 0.2) is 0 Å². The van der Waals surface area contributed by atoms with Crippen molar-refractivity contribution in [3.63, 3.8) is 0 Å². The van der Waals surface area contributed by atoms with Crippen LogP contribution in [0.1, 0.15) is 12.8 Å².